The molecule has 1 unspecified atom stereocenters. The number of aryl methyl sites for hydroxylation is 1. The molecule has 0 bridgehead atoms. The molecule has 0 aliphatic carbocycles. The van der Waals surface area contributed by atoms with Crippen molar-refractivity contribution >= 4 is 0 Å². The van der Waals surface area contributed by atoms with Crippen LogP contribution in [0.25, 0.3) is 0 Å². The lowest BCUT2D eigenvalue weighted by molar-refractivity contribution is 0.186. The zero-order valence-corrected chi connectivity index (χ0v) is 14.2. The summed E-state index contributed by atoms with van der Waals surface area (Å²) in [5.74, 6) is 0. The molecule has 124 valence electrons. The van der Waals surface area contributed by atoms with Crippen LogP contribution in [0.4, 0.5) is 0 Å². The smallest absolute Gasteiger partial charge is 0.0915 e. The molecule has 3 N–H and O–H groups in total. The molecule has 0 spiro atoms. The van der Waals surface area contributed by atoms with Crippen LogP contribution in [0.1, 0.15) is 61.0 Å². The third-order valence-electron chi connectivity index (χ3n) is 4.35. The number of hydrogen-bond donors (Lipinski definition) is 2. The van der Waals surface area contributed by atoms with Gasteiger partial charge in [-0.05, 0) is 41.5 Å². The van der Waals surface area contributed by atoms with Gasteiger partial charge in [0, 0.05) is 6.54 Å². The largest absolute Gasteiger partial charge is 0.387 e. The molecule has 0 amide bonds. The number of hydrogen-bond acceptors (Lipinski definition) is 2. The molecule has 0 aromatic heterocycles. The van der Waals surface area contributed by atoms with Crippen molar-refractivity contribution in [1.29, 1.82) is 0 Å². The van der Waals surface area contributed by atoms with Gasteiger partial charge in [-0.1, -0.05) is 74.7 Å². The first-order valence-electron chi connectivity index (χ1n) is 8.78. The van der Waals surface area contributed by atoms with E-state index in [0.717, 1.165) is 18.4 Å². The number of aliphatic hydroxyl groups is 1. The van der Waals surface area contributed by atoms with Gasteiger partial charge < -0.3 is 10.8 Å². The van der Waals surface area contributed by atoms with E-state index < -0.39 is 6.10 Å². The third-order valence-corrected chi connectivity index (χ3v) is 4.35. The molecule has 2 heteroatoms. The molecular weight excluding hydrogens is 282 g/mol. The second-order valence-corrected chi connectivity index (χ2v) is 6.26. The minimum Gasteiger partial charge on any atom is -0.387 e. The van der Waals surface area contributed by atoms with E-state index in [1.165, 1.54) is 42.4 Å². The highest BCUT2D eigenvalue weighted by Crippen LogP contribution is 2.23. The summed E-state index contributed by atoms with van der Waals surface area (Å²) in [7, 11) is 0. The summed E-state index contributed by atoms with van der Waals surface area (Å²) in [4.78, 5) is 0. The van der Waals surface area contributed by atoms with Crippen molar-refractivity contribution in [1.82, 2.24) is 0 Å². The first-order chi connectivity index (χ1) is 11.2. The Labute approximate surface area is 140 Å². The van der Waals surface area contributed by atoms with Crippen molar-refractivity contribution in [2.75, 3.05) is 6.54 Å². The zero-order valence-electron chi connectivity index (χ0n) is 14.2. The summed E-state index contributed by atoms with van der Waals surface area (Å²) < 4.78 is 0. The number of unbranched alkanes of at least 4 members (excludes halogenated alkanes) is 3. The quantitative estimate of drug-likeness (QED) is 0.675. The Morgan fingerprint density at radius 1 is 0.957 bits per heavy atom. The molecule has 0 saturated carbocycles. The molecule has 2 rings (SSSR count). The fourth-order valence-electron chi connectivity index (χ4n) is 2.99. The van der Waals surface area contributed by atoms with Crippen molar-refractivity contribution in [3.05, 3.63) is 70.8 Å². The lowest BCUT2D eigenvalue weighted by Gasteiger charge is -2.16. The second-order valence-electron chi connectivity index (χ2n) is 6.26. The Balaban J connectivity index is 2.16. The molecular formula is C21H29NO. The van der Waals surface area contributed by atoms with E-state index in [9.17, 15) is 5.11 Å². The van der Waals surface area contributed by atoms with E-state index in [-0.39, 0.29) is 6.54 Å². The van der Waals surface area contributed by atoms with E-state index in [1.807, 2.05) is 6.07 Å². The zero-order chi connectivity index (χ0) is 16.5. The Kier molecular flexibility index (Phi) is 7.31. The summed E-state index contributed by atoms with van der Waals surface area (Å²) >= 11 is 0. The van der Waals surface area contributed by atoms with Gasteiger partial charge in [-0.15, -0.1) is 0 Å². The third kappa shape index (κ3) is 5.49. The molecule has 0 aliphatic heterocycles. The molecule has 2 aromatic rings. The molecule has 0 heterocycles. The van der Waals surface area contributed by atoms with Crippen molar-refractivity contribution in [3.8, 4) is 0 Å². The molecule has 23 heavy (non-hydrogen) atoms. The van der Waals surface area contributed by atoms with Crippen LogP contribution in [-0.4, -0.2) is 11.7 Å². The maximum Gasteiger partial charge on any atom is 0.0915 e. The van der Waals surface area contributed by atoms with E-state index in [2.05, 4.69) is 49.4 Å². The van der Waals surface area contributed by atoms with Gasteiger partial charge in [-0.3, -0.25) is 0 Å². The summed E-state index contributed by atoms with van der Waals surface area (Å²) in [6.45, 7) is 2.50. The van der Waals surface area contributed by atoms with Crippen molar-refractivity contribution < 1.29 is 5.11 Å². The molecule has 2 nitrogen and oxygen atoms in total. The van der Waals surface area contributed by atoms with Crippen LogP contribution in [0.3, 0.4) is 0 Å². The van der Waals surface area contributed by atoms with Crippen LogP contribution >= 0.6 is 0 Å². The Hall–Kier alpha value is -1.64. The van der Waals surface area contributed by atoms with Gasteiger partial charge in [-0.2, -0.15) is 0 Å². The standard InChI is InChI=1S/C21H29NO/c1-2-3-4-6-11-18-12-13-20(21(23)16-22)19(15-18)14-17-9-7-5-8-10-17/h5,7-10,12-13,15,21,23H,2-4,6,11,14,16,22H2,1H3. The lowest BCUT2D eigenvalue weighted by Crippen LogP contribution is -2.14. The van der Waals surface area contributed by atoms with Crippen LogP contribution in [-0.2, 0) is 12.8 Å². The van der Waals surface area contributed by atoms with Crippen molar-refractivity contribution in [2.45, 2.75) is 51.6 Å². The summed E-state index contributed by atoms with van der Waals surface area (Å²) in [6.07, 6.45) is 6.47. The first kappa shape index (κ1) is 17.7. The van der Waals surface area contributed by atoms with Gasteiger partial charge >= 0.3 is 0 Å². The molecule has 2 aromatic carbocycles. The first-order valence-corrected chi connectivity index (χ1v) is 8.78. The van der Waals surface area contributed by atoms with E-state index in [0.29, 0.717) is 0 Å². The predicted molar refractivity (Wildman–Crippen MR) is 97.6 cm³/mol. The van der Waals surface area contributed by atoms with Crippen molar-refractivity contribution in [3.63, 3.8) is 0 Å². The van der Waals surface area contributed by atoms with Crippen molar-refractivity contribution in [2.24, 2.45) is 5.73 Å². The van der Waals surface area contributed by atoms with Crippen LogP contribution in [0.15, 0.2) is 48.5 Å². The van der Waals surface area contributed by atoms with Gasteiger partial charge in [0.15, 0.2) is 0 Å². The van der Waals surface area contributed by atoms with E-state index in [4.69, 9.17) is 5.73 Å². The van der Waals surface area contributed by atoms with Gasteiger partial charge in [-0.25, -0.2) is 0 Å². The predicted octanol–water partition coefficient (Wildman–Crippen LogP) is 4.39. The van der Waals surface area contributed by atoms with E-state index in [1.54, 1.807) is 0 Å². The topological polar surface area (TPSA) is 46.2 Å². The highest BCUT2D eigenvalue weighted by molar-refractivity contribution is 5.37. The average Bonchev–Trinajstić information content (AvgIpc) is 2.59. The Bertz CT molecular complexity index is 580. The number of rotatable bonds is 9. The molecule has 0 fully saturated rings. The second kappa shape index (κ2) is 9.49. The Morgan fingerprint density at radius 2 is 1.74 bits per heavy atom. The lowest BCUT2D eigenvalue weighted by atomic mass is 9.93. The van der Waals surface area contributed by atoms with Crippen LogP contribution in [0.2, 0.25) is 0 Å². The van der Waals surface area contributed by atoms with Gasteiger partial charge in [0.25, 0.3) is 0 Å². The number of benzene rings is 2. The Morgan fingerprint density at radius 3 is 2.43 bits per heavy atom. The van der Waals surface area contributed by atoms with Crippen LogP contribution in [0.5, 0.6) is 0 Å². The van der Waals surface area contributed by atoms with E-state index >= 15 is 0 Å². The molecule has 1 atom stereocenters. The summed E-state index contributed by atoms with van der Waals surface area (Å²) in [6, 6.07) is 16.9. The fourth-order valence-corrected chi connectivity index (χ4v) is 2.99. The average molecular weight is 311 g/mol. The minimum atomic E-state index is -0.581. The minimum absolute atomic E-state index is 0.262. The molecule has 0 radical (unpaired) electrons. The van der Waals surface area contributed by atoms with Gasteiger partial charge in [0.05, 0.1) is 6.10 Å². The highest BCUT2D eigenvalue weighted by Gasteiger charge is 2.12. The normalized spacial score (nSPS) is 12.3. The number of aliphatic hydroxyl groups excluding tert-OH is 1. The van der Waals surface area contributed by atoms with Gasteiger partial charge in [0.1, 0.15) is 0 Å². The van der Waals surface area contributed by atoms with Crippen LogP contribution < -0.4 is 5.73 Å². The maximum atomic E-state index is 10.2. The molecule has 0 aliphatic rings. The highest BCUT2D eigenvalue weighted by atomic mass is 16.3. The van der Waals surface area contributed by atoms with Gasteiger partial charge in [0.2, 0.25) is 0 Å². The number of nitrogens with two attached hydrogens (primary N) is 1. The van der Waals surface area contributed by atoms with Crippen LogP contribution in [0, 0.1) is 0 Å². The molecule has 0 saturated heterocycles. The SMILES string of the molecule is CCCCCCc1ccc(C(O)CN)c(Cc2ccccc2)c1. The summed E-state index contributed by atoms with van der Waals surface area (Å²) in [5, 5.41) is 10.2. The monoisotopic (exact) mass is 311 g/mol. The fraction of sp³-hybridized carbons (Fsp3) is 0.429. The summed E-state index contributed by atoms with van der Waals surface area (Å²) in [5.41, 5.74) is 10.5. The maximum absolute atomic E-state index is 10.2.